The number of aromatic nitrogens is 6. The van der Waals surface area contributed by atoms with Crippen LogP contribution in [0.1, 0.15) is 22.8 Å². The summed E-state index contributed by atoms with van der Waals surface area (Å²) < 4.78 is 83.3. The highest BCUT2D eigenvalue weighted by molar-refractivity contribution is 6.18. The van der Waals surface area contributed by atoms with E-state index in [1.165, 1.54) is 0 Å². The second kappa shape index (κ2) is 9.42. The van der Waals surface area contributed by atoms with Gasteiger partial charge in [-0.2, -0.15) is 36.9 Å². The minimum absolute atomic E-state index is 0.187. The Morgan fingerprint density at radius 1 is 0.452 bits per heavy atom. The lowest BCUT2D eigenvalue weighted by atomic mass is 10.0. The summed E-state index contributed by atoms with van der Waals surface area (Å²) in [7, 11) is 0. The molecule has 14 heteroatoms. The molecule has 0 unspecified atom stereocenters. The van der Waals surface area contributed by atoms with Crippen LogP contribution in [0.15, 0.2) is 60.7 Å². The van der Waals surface area contributed by atoms with Gasteiger partial charge in [0.05, 0.1) is 11.4 Å². The van der Waals surface area contributed by atoms with Crippen molar-refractivity contribution in [1.29, 1.82) is 10.5 Å². The standard InChI is InChI=1S/C28H10F6N8/c29-27(30,31)25-26(28(32,33)34)42-24-22-21(19-20(23(24)41-25)38-16(12-36)15(11-35)37-19)39-17(13-7-3-1-4-8-13)18(40-22)14-9-5-2-6-10-14/h1-10H. The third-order valence-corrected chi connectivity index (χ3v) is 6.20. The molecule has 0 atom stereocenters. The van der Waals surface area contributed by atoms with E-state index in [4.69, 9.17) is 0 Å². The molecule has 3 aromatic carbocycles. The highest BCUT2D eigenvalue weighted by Gasteiger charge is 2.47. The van der Waals surface area contributed by atoms with E-state index in [2.05, 4.69) is 29.9 Å². The summed E-state index contributed by atoms with van der Waals surface area (Å²) in [6.07, 6.45) is -11.1. The Morgan fingerprint density at radius 3 is 1.07 bits per heavy atom. The van der Waals surface area contributed by atoms with Gasteiger partial charge in [0.25, 0.3) is 0 Å². The third-order valence-electron chi connectivity index (χ3n) is 6.20. The Hall–Kier alpha value is -5.76. The van der Waals surface area contributed by atoms with Crippen LogP contribution in [0.4, 0.5) is 26.3 Å². The minimum Gasteiger partial charge on any atom is -0.241 e. The topological polar surface area (TPSA) is 125 Å². The lowest BCUT2D eigenvalue weighted by molar-refractivity contribution is -0.167. The van der Waals surface area contributed by atoms with Crippen LogP contribution in [0, 0.1) is 22.7 Å². The normalized spacial score (nSPS) is 12.0. The number of hydrogen-bond acceptors (Lipinski definition) is 8. The second-order valence-corrected chi connectivity index (χ2v) is 8.81. The highest BCUT2D eigenvalue weighted by atomic mass is 19.4. The van der Waals surface area contributed by atoms with Gasteiger partial charge >= 0.3 is 12.4 Å². The van der Waals surface area contributed by atoms with Crippen LogP contribution in [-0.4, -0.2) is 29.9 Å². The summed E-state index contributed by atoms with van der Waals surface area (Å²) in [6.45, 7) is 0. The molecule has 0 aliphatic rings. The van der Waals surface area contributed by atoms with E-state index < -0.39 is 51.7 Å². The van der Waals surface area contributed by atoms with Gasteiger partial charge in [0.15, 0.2) is 22.8 Å². The highest BCUT2D eigenvalue weighted by Crippen LogP contribution is 2.42. The molecule has 42 heavy (non-hydrogen) atoms. The molecule has 0 spiro atoms. The van der Waals surface area contributed by atoms with Crippen LogP contribution in [0.3, 0.4) is 0 Å². The molecule has 0 bridgehead atoms. The van der Waals surface area contributed by atoms with Crippen LogP contribution < -0.4 is 0 Å². The van der Waals surface area contributed by atoms with Gasteiger partial charge in [-0.3, -0.25) is 0 Å². The first-order valence-electron chi connectivity index (χ1n) is 11.8. The number of rotatable bonds is 2. The predicted molar refractivity (Wildman–Crippen MR) is 136 cm³/mol. The summed E-state index contributed by atoms with van der Waals surface area (Å²) in [6, 6.07) is 20.4. The fourth-order valence-electron chi connectivity index (χ4n) is 4.44. The molecule has 3 aromatic heterocycles. The maximum absolute atomic E-state index is 13.9. The van der Waals surface area contributed by atoms with Crippen LogP contribution >= 0.6 is 0 Å². The monoisotopic (exact) mass is 572 g/mol. The number of hydrogen-bond donors (Lipinski definition) is 0. The molecule has 0 radical (unpaired) electrons. The van der Waals surface area contributed by atoms with E-state index in [0.717, 1.165) is 0 Å². The van der Waals surface area contributed by atoms with Gasteiger partial charge < -0.3 is 0 Å². The Bertz CT molecular complexity index is 2130. The molecule has 6 rings (SSSR count). The fourth-order valence-corrected chi connectivity index (χ4v) is 4.44. The van der Waals surface area contributed by atoms with Crippen molar-refractivity contribution < 1.29 is 26.3 Å². The van der Waals surface area contributed by atoms with Crippen molar-refractivity contribution in [1.82, 2.24) is 29.9 Å². The van der Waals surface area contributed by atoms with Gasteiger partial charge in [-0.25, -0.2) is 29.9 Å². The van der Waals surface area contributed by atoms with E-state index in [9.17, 15) is 36.9 Å². The van der Waals surface area contributed by atoms with Crippen molar-refractivity contribution >= 4 is 33.1 Å². The van der Waals surface area contributed by atoms with E-state index in [0.29, 0.717) is 11.1 Å². The minimum atomic E-state index is -5.55. The smallest absolute Gasteiger partial charge is 0.241 e. The maximum atomic E-state index is 13.9. The second-order valence-electron chi connectivity index (χ2n) is 8.81. The van der Waals surface area contributed by atoms with Crippen molar-refractivity contribution in [3.63, 3.8) is 0 Å². The van der Waals surface area contributed by atoms with Crippen LogP contribution in [0.5, 0.6) is 0 Å². The van der Waals surface area contributed by atoms with E-state index in [1.54, 1.807) is 72.8 Å². The lowest BCUT2D eigenvalue weighted by Gasteiger charge is -2.17. The molecular formula is C28H10F6N8. The number of halogens is 6. The van der Waals surface area contributed by atoms with Crippen molar-refractivity contribution in [2.24, 2.45) is 0 Å². The SMILES string of the molecule is N#Cc1nc2c(nc1C#N)c1nc(C(F)(F)F)c(C(F)(F)F)nc1c1nc(-c3ccccc3)c(-c3ccccc3)nc21. The zero-order valence-electron chi connectivity index (χ0n) is 20.6. The lowest BCUT2D eigenvalue weighted by Crippen LogP contribution is -2.21. The van der Waals surface area contributed by atoms with Crippen molar-refractivity contribution in [3.05, 3.63) is 83.4 Å². The van der Waals surface area contributed by atoms with Gasteiger partial charge in [0.1, 0.15) is 45.2 Å². The molecule has 8 nitrogen and oxygen atoms in total. The van der Waals surface area contributed by atoms with E-state index >= 15 is 0 Å². The summed E-state index contributed by atoms with van der Waals surface area (Å²) >= 11 is 0. The molecule has 6 aromatic rings. The number of fused-ring (bicyclic) bond motifs is 6. The zero-order valence-corrected chi connectivity index (χ0v) is 20.6. The molecule has 3 heterocycles. The van der Waals surface area contributed by atoms with E-state index in [-0.39, 0.29) is 27.9 Å². The molecule has 0 saturated heterocycles. The first-order valence-corrected chi connectivity index (χ1v) is 11.8. The summed E-state index contributed by atoms with van der Waals surface area (Å²) in [4.78, 5) is 24.1. The maximum Gasteiger partial charge on any atom is 0.435 e. The first-order chi connectivity index (χ1) is 20.0. The van der Waals surface area contributed by atoms with Crippen LogP contribution in [-0.2, 0) is 12.4 Å². The summed E-state index contributed by atoms with van der Waals surface area (Å²) in [5.74, 6) is 0. The first kappa shape index (κ1) is 26.5. The average Bonchev–Trinajstić information content (AvgIpc) is 2.99. The molecule has 0 amide bonds. The van der Waals surface area contributed by atoms with Gasteiger partial charge in [-0.15, -0.1) is 0 Å². The molecule has 0 aliphatic heterocycles. The summed E-state index contributed by atoms with van der Waals surface area (Å²) in [5, 5.41) is 19.0. The molecule has 0 fully saturated rings. The molecule has 0 aliphatic carbocycles. The van der Waals surface area contributed by atoms with Gasteiger partial charge in [-0.05, 0) is 0 Å². The Morgan fingerprint density at radius 2 is 0.762 bits per heavy atom. The quantitative estimate of drug-likeness (QED) is 0.167. The largest absolute Gasteiger partial charge is 0.435 e. The van der Waals surface area contributed by atoms with Crippen LogP contribution in [0.25, 0.3) is 55.6 Å². The molecular weight excluding hydrogens is 562 g/mol. The molecule has 204 valence electrons. The van der Waals surface area contributed by atoms with Crippen LogP contribution in [0.2, 0.25) is 0 Å². The Labute approximate surface area is 230 Å². The van der Waals surface area contributed by atoms with Gasteiger partial charge in [0, 0.05) is 11.1 Å². The Kier molecular flexibility index (Phi) is 5.93. The van der Waals surface area contributed by atoms with E-state index in [1.807, 2.05) is 0 Å². The number of alkyl halides is 6. The van der Waals surface area contributed by atoms with Gasteiger partial charge in [-0.1, -0.05) is 60.7 Å². The summed E-state index contributed by atoms with van der Waals surface area (Å²) in [5.41, 5.74) is -6.91. The van der Waals surface area contributed by atoms with Crippen molar-refractivity contribution in [2.45, 2.75) is 12.4 Å². The van der Waals surface area contributed by atoms with Crippen molar-refractivity contribution in [2.75, 3.05) is 0 Å². The predicted octanol–water partition coefficient (Wildman–Crippen LogP) is 6.63. The molecule has 0 saturated carbocycles. The van der Waals surface area contributed by atoms with Crippen molar-refractivity contribution in [3.8, 4) is 34.7 Å². The Balaban J connectivity index is 1.90. The number of nitriles is 2. The number of benzene rings is 3. The third kappa shape index (κ3) is 4.26. The molecule has 0 N–H and O–H groups in total. The number of nitrogens with zero attached hydrogens (tertiary/aromatic N) is 8. The zero-order chi connectivity index (χ0) is 29.8. The fraction of sp³-hybridized carbons (Fsp3) is 0.0714. The van der Waals surface area contributed by atoms with Gasteiger partial charge in [0.2, 0.25) is 0 Å². The average molecular weight is 572 g/mol.